The zero-order valence-electron chi connectivity index (χ0n) is 6.89. The van der Waals surface area contributed by atoms with E-state index < -0.39 is 18.2 Å². The first-order valence-corrected chi connectivity index (χ1v) is 7.60. The summed E-state index contributed by atoms with van der Waals surface area (Å²) in [4.78, 5) is 0. The summed E-state index contributed by atoms with van der Waals surface area (Å²) < 4.78 is 4.94. The molecule has 0 saturated heterocycles. The number of hydrogen-bond acceptors (Lipinski definition) is 1. The van der Waals surface area contributed by atoms with E-state index in [0.29, 0.717) is 0 Å². The average Bonchev–Trinajstić information content (AvgIpc) is 2.07. The summed E-state index contributed by atoms with van der Waals surface area (Å²) >= 11 is -0.639. The van der Waals surface area contributed by atoms with E-state index in [1.807, 2.05) is 24.3 Å². The summed E-state index contributed by atoms with van der Waals surface area (Å²) in [5.74, 6) is 0.877. The lowest BCUT2D eigenvalue weighted by Gasteiger charge is -1.97. The molecule has 0 N–H and O–H groups in total. The fraction of sp³-hybridized carbons (Fsp3) is 0.125. The Bertz CT molecular complexity index is 201. The molecule has 0 heterocycles. The maximum Gasteiger partial charge on any atom is 0.618 e. The molecule has 1 nitrogen and oxygen atoms in total. The minimum atomic E-state index is -0.639. The second kappa shape index (κ2) is 7.99. The molecule has 1 rings (SSSR count). The van der Waals surface area contributed by atoms with Crippen molar-refractivity contribution in [1.82, 2.24) is 0 Å². The van der Waals surface area contributed by atoms with Crippen LogP contribution in [0, 0.1) is 6.92 Å². The third-order valence-corrected chi connectivity index (χ3v) is 1.16. The van der Waals surface area contributed by atoms with Gasteiger partial charge in [-0.2, -0.15) is 0 Å². The first kappa shape index (κ1) is 12.4. The molecule has 0 aliphatic heterocycles. The first-order chi connectivity index (χ1) is 5.74. The smallest absolute Gasteiger partial charge is 0.497 e. The van der Waals surface area contributed by atoms with E-state index in [2.05, 4.69) is 6.92 Å². The van der Waals surface area contributed by atoms with Gasteiger partial charge >= 0.3 is 18.2 Å². The molecule has 0 saturated carbocycles. The highest BCUT2D eigenvalue weighted by Gasteiger charge is 1.85. The van der Waals surface area contributed by atoms with Crippen molar-refractivity contribution in [2.45, 2.75) is 0 Å². The highest BCUT2D eigenvalue weighted by Crippen LogP contribution is 2.09. The Morgan fingerprint density at radius 3 is 2.00 bits per heavy atom. The van der Waals surface area contributed by atoms with Crippen molar-refractivity contribution in [1.29, 1.82) is 0 Å². The molecule has 0 spiro atoms. The van der Waals surface area contributed by atoms with Crippen LogP contribution < -0.4 is 4.74 Å². The van der Waals surface area contributed by atoms with Crippen molar-refractivity contribution >= 4 is 36.3 Å². The standard InChI is InChI=1S/C8H9O.2ClH.Mg/c1-7-3-5-8(9-2)6-4-7;;;/h3-6H,1H2,2H3;2*1H;/q;;;+2/p-2. The monoisotopic (exact) mass is 215 g/mol. The summed E-state index contributed by atoms with van der Waals surface area (Å²) in [5, 5.41) is 0. The van der Waals surface area contributed by atoms with Crippen LogP contribution in [0.1, 0.15) is 5.56 Å². The van der Waals surface area contributed by atoms with Crippen LogP contribution in [0.4, 0.5) is 0 Å². The van der Waals surface area contributed by atoms with Crippen LogP contribution in [0.2, 0.25) is 0 Å². The van der Waals surface area contributed by atoms with Crippen molar-refractivity contribution < 1.29 is 4.74 Å². The van der Waals surface area contributed by atoms with Crippen molar-refractivity contribution in [2.24, 2.45) is 0 Å². The van der Waals surface area contributed by atoms with Gasteiger partial charge in [0.2, 0.25) is 0 Å². The molecule has 0 aromatic heterocycles. The van der Waals surface area contributed by atoms with Gasteiger partial charge in [0, 0.05) is 0 Å². The van der Waals surface area contributed by atoms with Crippen LogP contribution >= 0.6 is 18.1 Å². The molecular weight excluding hydrogens is 207 g/mol. The molecule has 0 amide bonds. The largest absolute Gasteiger partial charge is 0.618 e. The van der Waals surface area contributed by atoms with E-state index in [4.69, 9.17) is 22.9 Å². The molecule has 0 aliphatic rings. The van der Waals surface area contributed by atoms with Gasteiger partial charge < -0.3 is 22.9 Å². The highest BCUT2D eigenvalue weighted by molar-refractivity contribution is 7.22. The van der Waals surface area contributed by atoms with E-state index in [1.54, 1.807) is 7.11 Å². The Balaban J connectivity index is 0.000000354. The molecule has 4 heteroatoms. The lowest BCUT2D eigenvalue weighted by Crippen LogP contribution is -1.80. The summed E-state index contributed by atoms with van der Waals surface area (Å²) in [5.41, 5.74) is 1.01. The van der Waals surface area contributed by atoms with Crippen molar-refractivity contribution in [3.8, 4) is 5.75 Å². The predicted octanol–water partition coefficient (Wildman–Crippen LogP) is 2.88. The fourth-order valence-electron chi connectivity index (χ4n) is 0.626. The van der Waals surface area contributed by atoms with E-state index >= 15 is 0 Å². The van der Waals surface area contributed by atoms with E-state index in [1.165, 1.54) is 0 Å². The Morgan fingerprint density at radius 2 is 1.67 bits per heavy atom. The Kier molecular flexibility index (Phi) is 8.23. The lowest BCUT2D eigenvalue weighted by atomic mass is 10.2. The number of ether oxygens (including phenoxy) is 1. The zero-order chi connectivity index (χ0) is 9.40. The molecule has 1 aromatic carbocycles. The van der Waals surface area contributed by atoms with Gasteiger partial charge in [-0.25, -0.2) is 0 Å². The summed E-state index contributed by atoms with van der Waals surface area (Å²) in [7, 11) is 11.5. The Morgan fingerprint density at radius 1 is 1.25 bits per heavy atom. The summed E-state index contributed by atoms with van der Waals surface area (Å²) in [6.45, 7) is 3.74. The Hall–Kier alpha value is 0.366. The van der Waals surface area contributed by atoms with E-state index in [-0.39, 0.29) is 0 Å². The minimum absolute atomic E-state index is 0.639. The highest BCUT2D eigenvalue weighted by atomic mass is 35.6. The Labute approximate surface area is 90.3 Å². The van der Waals surface area contributed by atoms with Gasteiger partial charge in [-0.05, 0) is 24.6 Å². The average molecular weight is 216 g/mol. The summed E-state index contributed by atoms with van der Waals surface area (Å²) in [6, 6.07) is 7.61. The van der Waals surface area contributed by atoms with Crippen molar-refractivity contribution in [3.05, 3.63) is 36.8 Å². The van der Waals surface area contributed by atoms with Gasteiger partial charge in [-0.15, -0.1) is 0 Å². The lowest BCUT2D eigenvalue weighted by molar-refractivity contribution is 0.415. The van der Waals surface area contributed by atoms with E-state index in [9.17, 15) is 0 Å². The molecule has 0 fully saturated rings. The normalized spacial score (nSPS) is 7.67. The first-order valence-electron chi connectivity index (χ1n) is 3.32. The van der Waals surface area contributed by atoms with Gasteiger partial charge in [-0.1, -0.05) is 12.1 Å². The number of methoxy groups -OCH3 is 1. The number of hydrogen-bond donors (Lipinski definition) is 0. The molecular formula is C8H9Cl2MgO. The molecule has 0 bridgehead atoms. The maximum atomic E-state index is 4.94. The molecule has 1 radical (unpaired) electrons. The van der Waals surface area contributed by atoms with Crippen LogP contribution in [0.3, 0.4) is 0 Å². The molecule has 0 atom stereocenters. The molecule has 63 valence electrons. The van der Waals surface area contributed by atoms with Crippen LogP contribution in [-0.4, -0.2) is 25.3 Å². The maximum absolute atomic E-state index is 4.94. The van der Waals surface area contributed by atoms with E-state index in [0.717, 1.165) is 11.3 Å². The van der Waals surface area contributed by atoms with Gasteiger partial charge in [0.05, 0.1) is 7.11 Å². The van der Waals surface area contributed by atoms with Crippen molar-refractivity contribution in [2.75, 3.05) is 7.11 Å². The van der Waals surface area contributed by atoms with Crippen LogP contribution in [0.15, 0.2) is 24.3 Å². The molecule has 0 aliphatic carbocycles. The second-order valence-corrected chi connectivity index (χ2v) is 4.58. The van der Waals surface area contributed by atoms with Gasteiger partial charge in [-0.3, -0.25) is 0 Å². The van der Waals surface area contributed by atoms with Gasteiger partial charge in [0.1, 0.15) is 5.75 Å². The van der Waals surface area contributed by atoms with Gasteiger partial charge in [0.15, 0.2) is 0 Å². The quantitative estimate of drug-likeness (QED) is 0.656. The molecule has 12 heavy (non-hydrogen) atoms. The number of benzene rings is 1. The molecule has 1 aromatic rings. The van der Waals surface area contributed by atoms with Crippen LogP contribution in [-0.2, 0) is 0 Å². The number of rotatable bonds is 1. The second-order valence-electron chi connectivity index (χ2n) is 1.95. The number of halogens is 2. The minimum Gasteiger partial charge on any atom is -0.497 e. The third kappa shape index (κ3) is 5.95. The van der Waals surface area contributed by atoms with Crippen molar-refractivity contribution in [3.63, 3.8) is 0 Å². The fourth-order valence-corrected chi connectivity index (χ4v) is 0.626. The summed E-state index contributed by atoms with van der Waals surface area (Å²) in [6.07, 6.45) is 0. The molecule has 0 unspecified atom stereocenters. The van der Waals surface area contributed by atoms with Crippen LogP contribution in [0.5, 0.6) is 5.75 Å². The zero-order valence-corrected chi connectivity index (χ0v) is 9.81. The third-order valence-electron chi connectivity index (χ3n) is 1.16. The van der Waals surface area contributed by atoms with Gasteiger partial charge in [0.25, 0.3) is 0 Å². The SMILES string of the molecule is [CH2]c1ccc(OC)cc1.[Cl][Mg][Cl]. The topological polar surface area (TPSA) is 9.23 Å². The predicted molar refractivity (Wildman–Crippen MR) is 54.9 cm³/mol. The van der Waals surface area contributed by atoms with Crippen LogP contribution in [0.25, 0.3) is 0 Å².